The van der Waals surface area contributed by atoms with Crippen molar-refractivity contribution in [3.8, 4) is 0 Å². The summed E-state index contributed by atoms with van der Waals surface area (Å²) in [6.07, 6.45) is 1.63. The zero-order valence-corrected chi connectivity index (χ0v) is 17.2. The third-order valence-electron chi connectivity index (χ3n) is 4.22. The highest BCUT2D eigenvalue weighted by atomic mass is 32.2. The van der Waals surface area contributed by atoms with Crippen molar-refractivity contribution in [2.75, 3.05) is 26.7 Å². The second-order valence-electron chi connectivity index (χ2n) is 6.13. The SMILES string of the molecule is CN(Cc1cccs1)C(=O)COC(=O)c1sccc1S(=O)(=O)N1CCCC1. The lowest BCUT2D eigenvalue weighted by atomic mass is 10.4. The molecule has 1 amide bonds. The molecule has 0 aliphatic carbocycles. The maximum Gasteiger partial charge on any atom is 0.350 e. The van der Waals surface area contributed by atoms with E-state index in [1.165, 1.54) is 26.6 Å². The van der Waals surface area contributed by atoms with E-state index in [9.17, 15) is 18.0 Å². The van der Waals surface area contributed by atoms with Crippen molar-refractivity contribution >= 4 is 44.6 Å². The Balaban J connectivity index is 1.62. The van der Waals surface area contributed by atoms with Gasteiger partial charge in [0.05, 0.1) is 6.54 Å². The molecule has 3 heterocycles. The first-order valence-electron chi connectivity index (χ1n) is 8.40. The molecule has 2 aromatic rings. The van der Waals surface area contributed by atoms with E-state index in [0.717, 1.165) is 29.1 Å². The Morgan fingerprint density at radius 3 is 2.59 bits per heavy atom. The van der Waals surface area contributed by atoms with Gasteiger partial charge in [0.25, 0.3) is 5.91 Å². The van der Waals surface area contributed by atoms with Gasteiger partial charge in [-0.25, -0.2) is 13.2 Å². The highest BCUT2D eigenvalue weighted by Gasteiger charge is 2.32. The normalized spacial score (nSPS) is 15.0. The first-order chi connectivity index (χ1) is 12.9. The lowest BCUT2D eigenvalue weighted by Crippen LogP contribution is -2.31. The molecule has 146 valence electrons. The molecule has 2 aromatic heterocycles. The van der Waals surface area contributed by atoms with Gasteiger partial charge in [-0.2, -0.15) is 4.31 Å². The number of esters is 1. The van der Waals surface area contributed by atoms with E-state index in [1.54, 1.807) is 12.4 Å². The number of hydrogen-bond donors (Lipinski definition) is 0. The molecule has 0 unspecified atom stereocenters. The molecule has 1 fully saturated rings. The molecule has 0 saturated carbocycles. The Morgan fingerprint density at radius 2 is 1.93 bits per heavy atom. The van der Waals surface area contributed by atoms with Gasteiger partial charge in [-0.1, -0.05) is 6.07 Å². The number of likely N-dealkylation sites (N-methyl/N-ethyl adjacent to an activating group) is 1. The van der Waals surface area contributed by atoms with Gasteiger partial charge >= 0.3 is 5.97 Å². The number of carbonyl (C=O) groups is 2. The number of rotatable bonds is 7. The lowest BCUT2D eigenvalue weighted by Gasteiger charge is -2.17. The predicted octanol–water partition coefficient (Wildman–Crippen LogP) is 2.41. The smallest absolute Gasteiger partial charge is 0.350 e. The van der Waals surface area contributed by atoms with Crippen molar-refractivity contribution in [1.82, 2.24) is 9.21 Å². The van der Waals surface area contributed by atoms with Crippen LogP contribution in [0.3, 0.4) is 0 Å². The summed E-state index contributed by atoms with van der Waals surface area (Å²) in [5.41, 5.74) is 0. The molecule has 0 spiro atoms. The molecule has 0 N–H and O–H groups in total. The fourth-order valence-corrected chi connectivity index (χ4v) is 6.30. The topological polar surface area (TPSA) is 84.0 Å². The largest absolute Gasteiger partial charge is 0.451 e. The van der Waals surface area contributed by atoms with Crippen LogP contribution in [0.15, 0.2) is 33.9 Å². The highest BCUT2D eigenvalue weighted by Crippen LogP contribution is 2.28. The zero-order chi connectivity index (χ0) is 19.4. The monoisotopic (exact) mass is 428 g/mol. The van der Waals surface area contributed by atoms with Crippen molar-refractivity contribution in [2.45, 2.75) is 24.3 Å². The maximum atomic E-state index is 12.7. The van der Waals surface area contributed by atoms with Crippen LogP contribution in [0.2, 0.25) is 0 Å². The molecule has 0 aromatic carbocycles. The zero-order valence-electron chi connectivity index (χ0n) is 14.8. The van der Waals surface area contributed by atoms with Crippen molar-refractivity contribution in [1.29, 1.82) is 0 Å². The van der Waals surface area contributed by atoms with Crippen LogP contribution in [0, 0.1) is 0 Å². The molecule has 1 saturated heterocycles. The van der Waals surface area contributed by atoms with Gasteiger partial charge in [-0.3, -0.25) is 4.79 Å². The van der Waals surface area contributed by atoms with E-state index in [0.29, 0.717) is 19.6 Å². The van der Waals surface area contributed by atoms with E-state index in [-0.39, 0.29) is 15.7 Å². The van der Waals surface area contributed by atoms with Crippen LogP contribution in [0.4, 0.5) is 0 Å². The Labute approximate surface area is 166 Å². The van der Waals surface area contributed by atoms with Crippen LogP contribution in [0.5, 0.6) is 0 Å². The number of thiophene rings is 2. The van der Waals surface area contributed by atoms with E-state index in [2.05, 4.69) is 0 Å². The van der Waals surface area contributed by atoms with Crippen molar-refractivity contribution in [3.63, 3.8) is 0 Å². The van der Waals surface area contributed by atoms with E-state index < -0.39 is 22.6 Å². The maximum absolute atomic E-state index is 12.7. The second-order valence-corrected chi connectivity index (χ2v) is 9.99. The number of carbonyl (C=O) groups excluding carboxylic acids is 2. The van der Waals surface area contributed by atoms with Crippen molar-refractivity contribution in [2.24, 2.45) is 0 Å². The number of amides is 1. The molecule has 3 rings (SSSR count). The standard InChI is InChI=1S/C17H20N2O5S3/c1-18(11-13-5-4-9-25-13)15(20)12-24-17(21)16-14(6-10-26-16)27(22,23)19-7-2-3-8-19/h4-6,9-10H,2-3,7-8,11-12H2,1H3. The Morgan fingerprint density at radius 1 is 1.19 bits per heavy atom. The summed E-state index contributed by atoms with van der Waals surface area (Å²) < 4.78 is 31.9. The molecule has 0 bridgehead atoms. The fourth-order valence-electron chi connectivity index (χ4n) is 2.74. The van der Waals surface area contributed by atoms with Gasteiger partial charge in [-0.05, 0) is 35.7 Å². The van der Waals surface area contributed by atoms with Crippen molar-refractivity contribution in [3.05, 3.63) is 38.7 Å². The summed E-state index contributed by atoms with van der Waals surface area (Å²) in [6.45, 7) is 0.917. The summed E-state index contributed by atoms with van der Waals surface area (Å²) in [4.78, 5) is 27.0. The average Bonchev–Trinajstić information content (AvgIpc) is 3.41. The van der Waals surface area contributed by atoms with Crippen LogP contribution in [-0.2, 0) is 26.1 Å². The number of sulfonamides is 1. The van der Waals surface area contributed by atoms with E-state index >= 15 is 0 Å². The molecular formula is C17H20N2O5S3. The Bertz CT molecular complexity index is 899. The third-order valence-corrected chi connectivity index (χ3v) is 8.05. The third kappa shape index (κ3) is 4.57. The van der Waals surface area contributed by atoms with Gasteiger partial charge in [0.15, 0.2) is 6.61 Å². The first-order valence-corrected chi connectivity index (χ1v) is 11.6. The minimum Gasteiger partial charge on any atom is -0.451 e. The molecule has 1 aliphatic rings. The summed E-state index contributed by atoms with van der Waals surface area (Å²) in [7, 11) is -2.08. The lowest BCUT2D eigenvalue weighted by molar-refractivity contribution is -0.133. The quantitative estimate of drug-likeness (QED) is 0.633. The first kappa shape index (κ1) is 20.0. The molecule has 7 nitrogen and oxygen atoms in total. The van der Waals surface area contributed by atoms with Crippen LogP contribution < -0.4 is 0 Å². The minimum atomic E-state index is -3.71. The summed E-state index contributed by atoms with van der Waals surface area (Å²) in [6, 6.07) is 5.23. The Kier molecular flexibility index (Phi) is 6.30. The number of hydrogen-bond acceptors (Lipinski definition) is 7. The molecule has 0 atom stereocenters. The average molecular weight is 429 g/mol. The molecule has 0 radical (unpaired) electrons. The van der Waals surface area contributed by atoms with Crippen LogP contribution in [-0.4, -0.2) is 56.2 Å². The predicted molar refractivity (Wildman–Crippen MR) is 103 cm³/mol. The van der Waals surface area contributed by atoms with Gasteiger partial charge < -0.3 is 9.64 Å². The number of nitrogens with zero attached hydrogens (tertiary/aromatic N) is 2. The summed E-state index contributed by atoms with van der Waals surface area (Å²) in [5, 5.41) is 3.47. The number of ether oxygens (including phenoxy) is 1. The van der Waals surface area contributed by atoms with Crippen LogP contribution >= 0.6 is 22.7 Å². The molecular weight excluding hydrogens is 408 g/mol. The fraction of sp³-hybridized carbons (Fsp3) is 0.412. The second kappa shape index (κ2) is 8.51. The Hall–Kier alpha value is -1.75. The van der Waals surface area contributed by atoms with Gasteiger partial charge in [0.2, 0.25) is 10.0 Å². The van der Waals surface area contributed by atoms with Gasteiger partial charge in [-0.15, -0.1) is 22.7 Å². The van der Waals surface area contributed by atoms with Crippen molar-refractivity contribution < 1.29 is 22.7 Å². The van der Waals surface area contributed by atoms with Crippen LogP contribution in [0.1, 0.15) is 27.4 Å². The summed E-state index contributed by atoms with van der Waals surface area (Å²) in [5.74, 6) is -1.14. The van der Waals surface area contributed by atoms with Gasteiger partial charge in [0, 0.05) is 25.0 Å². The van der Waals surface area contributed by atoms with Crippen LogP contribution in [0.25, 0.3) is 0 Å². The highest BCUT2D eigenvalue weighted by molar-refractivity contribution is 7.89. The molecule has 10 heteroatoms. The van der Waals surface area contributed by atoms with E-state index in [4.69, 9.17) is 4.74 Å². The van der Waals surface area contributed by atoms with Gasteiger partial charge in [0.1, 0.15) is 9.77 Å². The van der Waals surface area contributed by atoms with E-state index in [1.807, 2.05) is 17.5 Å². The molecule has 1 aliphatic heterocycles. The molecule has 27 heavy (non-hydrogen) atoms. The summed E-state index contributed by atoms with van der Waals surface area (Å²) >= 11 is 2.54. The minimum absolute atomic E-state index is 0.00982.